The number of amides is 2. The zero-order valence-corrected chi connectivity index (χ0v) is 31.0. The molecular formula is C38H41F3N10O4. The number of hydrogen-bond donors (Lipinski definition) is 1. The zero-order valence-electron chi connectivity index (χ0n) is 31.0. The Bertz CT molecular complexity index is 2310. The number of carbonyl (C=O) groups is 2. The van der Waals surface area contributed by atoms with Crippen LogP contribution < -0.4 is 25.0 Å². The highest BCUT2D eigenvalue weighted by Crippen LogP contribution is 2.45. The van der Waals surface area contributed by atoms with Crippen LogP contribution in [0.15, 0.2) is 47.7 Å². The van der Waals surface area contributed by atoms with Gasteiger partial charge in [0.05, 0.1) is 40.1 Å². The minimum atomic E-state index is -4.76. The van der Waals surface area contributed by atoms with Gasteiger partial charge in [-0.2, -0.15) is 18.3 Å². The number of pyridine rings is 2. The summed E-state index contributed by atoms with van der Waals surface area (Å²) in [5.74, 6) is 0.601. The Morgan fingerprint density at radius 2 is 1.80 bits per heavy atom. The molecule has 2 amide bonds. The third-order valence-electron chi connectivity index (χ3n) is 10.2. The van der Waals surface area contributed by atoms with E-state index >= 15 is 0 Å². The minimum Gasteiger partial charge on any atom is -0.489 e. The largest absolute Gasteiger partial charge is 0.489 e. The van der Waals surface area contributed by atoms with Gasteiger partial charge < -0.3 is 14.2 Å². The van der Waals surface area contributed by atoms with Crippen LogP contribution in [0.25, 0.3) is 33.7 Å². The van der Waals surface area contributed by atoms with Crippen LogP contribution in [-0.2, 0) is 22.3 Å². The van der Waals surface area contributed by atoms with Crippen LogP contribution in [0, 0.1) is 6.92 Å². The number of hydrogen-bond acceptors (Lipinski definition) is 10. The standard InChI is InChI=1S/C38H41F3N10O4/c1-5-23-20-55-34-29(48(23)6-2)15-14-28-33(34)25(38(39,40)41)17-31(53)50(28)16-10-8-9-11-30(52)51-19-32(54)49(7-3)37-36(51)42-18-27(46-37)24-12-13-26(45-22(24)4)35-43-21-44-47-35/h12-15,17-18,21,23H,5-11,16,19-20H2,1-4H3,(H,43,44,47)/t23-/m1/s1. The Morgan fingerprint density at radius 3 is 2.49 bits per heavy atom. The Balaban J connectivity index is 1.06. The van der Waals surface area contributed by atoms with Crippen LogP contribution in [0.3, 0.4) is 0 Å². The number of unbranched alkanes of at least 4 members (excludes halogenated alkanes) is 2. The van der Waals surface area contributed by atoms with E-state index in [4.69, 9.17) is 9.72 Å². The van der Waals surface area contributed by atoms with Gasteiger partial charge in [-0.25, -0.2) is 19.9 Å². The van der Waals surface area contributed by atoms with Crippen LogP contribution in [0.2, 0.25) is 0 Å². The monoisotopic (exact) mass is 758 g/mol. The summed E-state index contributed by atoms with van der Waals surface area (Å²) in [5, 5.41) is 6.53. The summed E-state index contributed by atoms with van der Waals surface area (Å²) in [4.78, 5) is 63.0. The van der Waals surface area contributed by atoms with Gasteiger partial charge in [-0.3, -0.25) is 29.3 Å². The summed E-state index contributed by atoms with van der Waals surface area (Å²) in [5.41, 5.74) is 1.40. The van der Waals surface area contributed by atoms with Crippen molar-refractivity contribution in [3.8, 4) is 28.5 Å². The number of halogens is 3. The Kier molecular flexibility index (Phi) is 10.3. The van der Waals surface area contributed by atoms with Crippen molar-refractivity contribution in [2.45, 2.75) is 78.6 Å². The van der Waals surface area contributed by atoms with Crippen molar-refractivity contribution in [1.29, 1.82) is 0 Å². The number of aromatic amines is 1. The number of aryl methyl sites for hydroxylation is 2. The number of nitrogens with zero attached hydrogens (tertiary/aromatic N) is 9. The summed E-state index contributed by atoms with van der Waals surface area (Å²) < 4.78 is 50.4. The molecule has 55 heavy (non-hydrogen) atoms. The Hall–Kier alpha value is -5.87. The van der Waals surface area contributed by atoms with Crippen molar-refractivity contribution in [2.24, 2.45) is 0 Å². The number of nitrogens with one attached hydrogen (secondary N) is 1. The second-order valence-electron chi connectivity index (χ2n) is 13.5. The highest BCUT2D eigenvalue weighted by Gasteiger charge is 2.38. The molecule has 288 valence electrons. The molecule has 6 heterocycles. The van der Waals surface area contributed by atoms with Gasteiger partial charge >= 0.3 is 6.18 Å². The molecule has 2 aliphatic rings. The summed E-state index contributed by atoms with van der Waals surface area (Å²) in [6, 6.07) is 7.60. The smallest absolute Gasteiger partial charge is 0.417 e. The van der Waals surface area contributed by atoms with Crippen LogP contribution in [0.1, 0.15) is 64.1 Å². The van der Waals surface area contributed by atoms with E-state index in [1.165, 1.54) is 20.7 Å². The van der Waals surface area contributed by atoms with E-state index in [1.807, 2.05) is 38.7 Å². The number of alkyl halides is 3. The number of aromatic nitrogens is 7. The van der Waals surface area contributed by atoms with E-state index in [0.717, 1.165) is 6.42 Å². The predicted octanol–water partition coefficient (Wildman–Crippen LogP) is 5.92. The van der Waals surface area contributed by atoms with Gasteiger partial charge in [-0.05, 0) is 64.3 Å². The molecule has 0 aliphatic carbocycles. The van der Waals surface area contributed by atoms with Crippen LogP contribution in [0.5, 0.6) is 5.75 Å². The molecule has 0 saturated carbocycles. The van der Waals surface area contributed by atoms with Crippen molar-refractivity contribution in [1.82, 2.24) is 34.7 Å². The number of rotatable bonds is 11. The average Bonchev–Trinajstić information content (AvgIpc) is 3.72. The predicted molar refractivity (Wildman–Crippen MR) is 200 cm³/mol. The maximum Gasteiger partial charge on any atom is 0.417 e. The molecule has 0 unspecified atom stereocenters. The van der Waals surface area contributed by atoms with Crippen LogP contribution in [0.4, 0.5) is 30.5 Å². The van der Waals surface area contributed by atoms with Gasteiger partial charge in [-0.15, -0.1) is 0 Å². The number of H-pyrrole nitrogens is 1. The van der Waals surface area contributed by atoms with Crippen molar-refractivity contribution in [3.05, 3.63) is 64.5 Å². The third-order valence-corrected chi connectivity index (χ3v) is 10.2. The molecule has 0 saturated heterocycles. The molecular weight excluding hydrogens is 717 g/mol. The normalized spacial score (nSPS) is 15.7. The van der Waals surface area contributed by atoms with Crippen LogP contribution >= 0.6 is 0 Å². The van der Waals surface area contributed by atoms with Crippen molar-refractivity contribution < 1.29 is 27.5 Å². The average molecular weight is 759 g/mol. The number of anilines is 3. The van der Waals surface area contributed by atoms with E-state index in [1.54, 1.807) is 24.4 Å². The van der Waals surface area contributed by atoms with Gasteiger partial charge in [0, 0.05) is 43.4 Å². The quantitative estimate of drug-likeness (QED) is 0.161. The first-order valence-electron chi connectivity index (χ1n) is 18.4. The number of benzene rings is 1. The maximum atomic E-state index is 14.3. The molecule has 2 aliphatic heterocycles. The first-order valence-corrected chi connectivity index (χ1v) is 18.4. The minimum absolute atomic E-state index is 0.0290. The lowest BCUT2D eigenvalue weighted by molar-refractivity contribution is -0.136. The molecule has 14 nitrogen and oxygen atoms in total. The van der Waals surface area contributed by atoms with E-state index in [9.17, 15) is 27.6 Å². The van der Waals surface area contributed by atoms with Crippen molar-refractivity contribution in [3.63, 3.8) is 0 Å². The van der Waals surface area contributed by atoms with Gasteiger partial charge in [0.2, 0.25) is 11.8 Å². The maximum absolute atomic E-state index is 14.3. The molecule has 1 atom stereocenters. The lowest BCUT2D eigenvalue weighted by atomic mass is 10.0. The summed E-state index contributed by atoms with van der Waals surface area (Å²) in [6.07, 6.45) is 0.388. The highest BCUT2D eigenvalue weighted by atomic mass is 19.4. The molecule has 7 rings (SSSR count). The molecule has 0 bridgehead atoms. The number of carbonyl (C=O) groups excluding carboxylic acids is 2. The molecule has 1 N–H and O–H groups in total. The number of ether oxygens (including phenoxy) is 1. The lowest BCUT2D eigenvalue weighted by Gasteiger charge is -2.38. The van der Waals surface area contributed by atoms with Gasteiger partial charge in [0.25, 0.3) is 5.56 Å². The molecule has 0 spiro atoms. The first-order chi connectivity index (χ1) is 26.4. The SMILES string of the molecule is CC[C@@H]1COc2c(ccc3c2c(C(F)(F)F)cc(=O)n3CCCCCC(=O)N2CC(=O)N(CC)c3nc(-c4ccc(-c5ncn[nH]5)nc4C)cnc32)N1CC. The van der Waals surface area contributed by atoms with Crippen molar-refractivity contribution in [2.75, 3.05) is 40.9 Å². The summed E-state index contributed by atoms with van der Waals surface area (Å²) >= 11 is 0. The van der Waals surface area contributed by atoms with E-state index in [2.05, 4.69) is 25.1 Å². The van der Waals surface area contributed by atoms with Gasteiger partial charge in [0.1, 0.15) is 25.2 Å². The van der Waals surface area contributed by atoms with E-state index in [0.29, 0.717) is 72.6 Å². The zero-order chi connectivity index (χ0) is 39.0. The van der Waals surface area contributed by atoms with Gasteiger partial charge in [-0.1, -0.05) is 13.3 Å². The highest BCUT2D eigenvalue weighted by molar-refractivity contribution is 6.09. The second kappa shape index (κ2) is 15.1. The fraction of sp³-hybridized carbons (Fsp3) is 0.421. The Labute approximate surface area is 314 Å². The molecule has 4 aromatic heterocycles. The first kappa shape index (κ1) is 37.4. The number of likely N-dealkylation sites (N-methyl/N-ethyl adjacent to an activating group) is 2. The fourth-order valence-electron chi connectivity index (χ4n) is 7.47. The molecule has 0 radical (unpaired) electrons. The van der Waals surface area contributed by atoms with Crippen molar-refractivity contribution >= 4 is 40.0 Å². The van der Waals surface area contributed by atoms with Gasteiger partial charge in [0.15, 0.2) is 23.2 Å². The Morgan fingerprint density at radius 1 is 0.982 bits per heavy atom. The molecule has 5 aromatic rings. The fourth-order valence-corrected chi connectivity index (χ4v) is 7.47. The molecule has 17 heteroatoms. The van der Waals surface area contributed by atoms with E-state index in [-0.39, 0.29) is 72.3 Å². The van der Waals surface area contributed by atoms with E-state index < -0.39 is 17.3 Å². The third kappa shape index (κ3) is 6.98. The lowest BCUT2D eigenvalue weighted by Crippen LogP contribution is -2.49. The summed E-state index contributed by atoms with van der Waals surface area (Å²) in [6.45, 7) is 8.73. The molecule has 1 aromatic carbocycles. The summed E-state index contributed by atoms with van der Waals surface area (Å²) in [7, 11) is 0. The topological polar surface area (TPSA) is 155 Å². The second-order valence-corrected chi connectivity index (χ2v) is 13.5. The van der Waals surface area contributed by atoms with Crippen LogP contribution in [-0.4, -0.2) is 78.8 Å². The molecule has 0 fully saturated rings. The number of fused-ring (bicyclic) bond motifs is 4.